The number of esters is 1. The first kappa shape index (κ1) is 10.1. The van der Waals surface area contributed by atoms with E-state index in [0.29, 0.717) is 19.4 Å². The van der Waals surface area contributed by atoms with Crippen LogP contribution in [0.2, 0.25) is 0 Å². The predicted octanol–water partition coefficient (Wildman–Crippen LogP) is 1.16. The average Bonchev–Trinajstić information content (AvgIpc) is 2.01. The normalized spacial score (nSPS) is 12.2. The molecule has 0 heterocycles. The minimum Gasteiger partial charge on any atom is -0.466 e. The van der Waals surface area contributed by atoms with Crippen LogP contribution in [0.3, 0.4) is 0 Å². The molecule has 11 heavy (non-hydrogen) atoms. The summed E-state index contributed by atoms with van der Waals surface area (Å²) >= 11 is 0. The van der Waals surface area contributed by atoms with Gasteiger partial charge in [0, 0.05) is 12.3 Å². The molecule has 3 heteroatoms. The van der Waals surface area contributed by atoms with Crippen LogP contribution in [0, 0.1) is 5.92 Å². The molecule has 0 saturated heterocycles. The molecule has 0 spiro atoms. The highest BCUT2D eigenvalue weighted by atomic mass is 16.5. The standard InChI is InChI=1S/C8H14O3/c1-3-11-8(10)5-4-7(2)6-9/h6-7H,3-5H2,1-2H3. The number of carbonyl (C=O) groups excluding carboxylic acids is 2. The largest absolute Gasteiger partial charge is 0.466 e. The van der Waals surface area contributed by atoms with Crippen molar-refractivity contribution in [1.29, 1.82) is 0 Å². The Balaban J connectivity index is 3.37. The van der Waals surface area contributed by atoms with Crippen LogP contribution in [-0.4, -0.2) is 18.9 Å². The first-order valence-electron chi connectivity index (χ1n) is 3.81. The number of ether oxygens (including phenoxy) is 1. The van der Waals surface area contributed by atoms with Crippen LogP contribution in [0.1, 0.15) is 26.7 Å². The topological polar surface area (TPSA) is 43.4 Å². The fraction of sp³-hybridized carbons (Fsp3) is 0.750. The van der Waals surface area contributed by atoms with E-state index in [1.165, 1.54) is 0 Å². The third kappa shape index (κ3) is 5.58. The van der Waals surface area contributed by atoms with Gasteiger partial charge < -0.3 is 9.53 Å². The summed E-state index contributed by atoms with van der Waals surface area (Å²) in [5, 5.41) is 0. The maximum Gasteiger partial charge on any atom is 0.305 e. The third-order valence-corrected chi connectivity index (χ3v) is 1.34. The smallest absolute Gasteiger partial charge is 0.305 e. The average molecular weight is 158 g/mol. The molecule has 0 aromatic heterocycles. The van der Waals surface area contributed by atoms with Gasteiger partial charge in [-0.05, 0) is 13.3 Å². The Hall–Kier alpha value is -0.860. The van der Waals surface area contributed by atoms with Crippen LogP contribution >= 0.6 is 0 Å². The lowest BCUT2D eigenvalue weighted by Gasteiger charge is -2.02. The van der Waals surface area contributed by atoms with E-state index in [-0.39, 0.29) is 11.9 Å². The molecule has 0 aliphatic carbocycles. The highest BCUT2D eigenvalue weighted by Crippen LogP contribution is 2.02. The van der Waals surface area contributed by atoms with Crippen molar-refractivity contribution in [2.24, 2.45) is 5.92 Å². The van der Waals surface area contributed by atoms with Gasteiger partial charge in [-0.15, -0.1) is 0 Å². The second-order valence-electron chi connectivity index (χ2n) is 2.46. The zero-order valence-corrected chi connectivity index (χ0v) is 7.00. The molecule has 64 valence electrons. The van der Waals surface area contributed by atoms with Crippen molar-refractivity contribution in [1.82, 2.24) is 0 Å². The van der Waals surface area contributed by atoms with Gasteiger partial charge in [-0.2, -0.15) is 0 Å². The Morgan fingerprint density at radius 1 is 1.64 bits per heavy atom. The molecule has 0 amide bonds. The summed E-state index contributed by atoms with van der Waals surface area (Å²) in [7, 11) is 0. The van der Waals surface area contributed by atoms with Crippen molar-refractivity contribution in [2.45, 2.75) is 26.7 Å². The van der Waals surface area contributed by atoms with E-state index in [1.54, 1.807) is 13.8 Å². The maximum atomic E-state index is 10.7. The minimum atomic E-state index is -0.221. The quantitative estimate of drug-likeness (QED) is 0.445. The number of rotatable bonds is 5. The number of carbonyl (C=O) groups is 2. The fourth-order valence-electron chi connectivity index (χ4n) is 0.647. The van der Waals surface area contributed by atoms with Crippen molar-refractivity contribution < 1.29 is 14.3 Å². The highest BCUT2D eigenvalue weighted by molar-refractivity contribution is 5.69. The number of hydrogen-bond acceptors (Lipinski definition) is 3. The van der Waals surface area contributed by atoms with E-state index >= 15 is 0 Å². The summed E-state index contributed by atoms with van der Waals surface area (Å²) in [6, 6.07) is 0. The van der Waals surface area contributed by atoms with Crippen LogP contribution in [-0.2, 0) is 14.3 Å². The van der Waals surface area contributed by atoms with Gasteiger partial charge in [0.25, 0.3) is 0 Å². The van der Waals surface area contributed by atoms with E-state index < -0.39 is 0 Å². The van der Waals surface area contributed by atoms with Crippen LogP contribution in [0.4, 0.5) is 0 Å². The SMILES string of the molecule is CCOC(=O)CCC(C)C=O. The Morgan fingerprint density at radius 2 is 2.27 bits per heavy atom. The summed E-state index contributed by atoms with van der Waals surface area (Å²) < 4.78 is 4.68. The Bertz CT molecular complexity index is 131. The summed E-state index contributed by atoms with van der Waals surface area (Å²) in [4.78, 5) is 20.8. The first-order chi connectivity index (χ1) is 5.20. The van der Waals surface area contributed by atoms with Gasteiger partial charge in [0.05, 0.1) is 6.61 Å². The zero-order chi connectivity index (χ0) is 8.69. The molecule has 1 unspecified atom stereocenters. The Labute approximate surface area is 66.7 Å². The summed E-state index contributed by atoms with van der Waals surface area (Å²) in [5.41, 5.74) is 0. The van der Waals surface area contributed by atoms with Crippen LogP contribution in [0.15, 0.2) is 0 Å². The van der Waals surface area contributed by atoms with Gasteiger partial charge >= 0.3 is 5.97 Å². The third-order valence-electron chi connectivity index (χ3n) is 1.34. The second-order valence-corrected chi connectivity index (χ2v) is 2.46. The van der Waals surface area contributed by atoms with Gasteiger partial charge in [0.15, 0.2) is 0 Å². The molecule has 0 radical (unpaired) electrons. The van der Waals surface area contributed by atoms with Crippen LogP contribution < -0.4 is 0 Å². The van der Waals surface area contributed by atoms with Crippen molar-refractivity contribution in [3.63, 3.8) is 0 Å². The van der Waals surface area contributed by atoms with Crippen LogP contribution in [0.5, 0.6) is 0 Å². The van der Waals surface area contributed by atoms with Crippen molar-refractivity contribution in [3.8, 4) is 0 Å². The second kappa shape index (κ2) is 5.89. The summed E-state index contributed by atoms with van der Waals surface area (Å²) in [6.45, 7) is 3.96. The van der Waals surface area contributed by atoms with Gasteiger partial charge in [-0.3, -0.25) is 4.79 Å². The van der Waals surface area contributed by atoms with Gasteiger partial charge in [0.1, 0.15) is 6.29 Å². The first-order valence-corrected chi connectivity index (χ1v) is 3.81. The van der Waals surface area contributed by atoms with Gasteiger partial charge in [-0.25, -0.2) is 0 Å². The van der Waals surface area contributed by atoms with Crippen molar-refractivity contribution in [3.05, 3.63) is 0 Å². The molecule has 0 saturated carbocycles. The highest BCUT2D eigenvalue weighted by Gasteiger charge is 2.05. The van der Waals surface area contributed by atoms with Crippen molar-refractivity contribution in [2.75, 3.05) is 6.61 Å². The predicted molar refractivity (Wildman–Crippen MR) is 41.1 cm³/mol. The molecular formula is C8H14O3. The Morgan fingerprint density at radius 3 is 2.73 bits per heavy atom. The summed E-state index contributed by atoms with van der Waals surface area (Å²) in [6.07, 6.45) is 1.77. The van der Waals surface area contributed by atoms with Gasteiger partial charge in [-0.1, -0.05) is 6.92 Å². The molecule has 0 fully saturated rings. The molecule has 0 bridgehead atoms. The Kier molecular flexibility index (Phi) is 5.43. The minimum absolute atomic E-state index is 0.0422. The molecular weight excluding hydrogens is 144 g/mol. The van der Waals surface area contributed by atoms with Crippen molar-refractivity contribution >= 4 is 12.3 Å². The fourth-order valence-corrected chi connectivity index (χ4v) is 0.647. The monoisotopic (exact) mass is 158 g/mol. The van der Waals surface area contributed by atoms with E-state index in [4.69, 9.17) is 0 Å². The number of hydrogen-bond donors (Lipinski definition) is 0. The molecule has 0 aliphatic rings. The molecule has 1 atom stereocenters. The lowest BCUT2D eigenvalue weighted by molar-refractivity contribution is -0.143. The molecule has 3 nitrogen and oxygen atoms in total. The lowest BCUT2D eigenvalue weighted by atomic mass is 10.1. The van der Waals surface area contributed by atoms with Crippen LogP contribution in [0.25, 0.3) is 0 Å². The van der Waals surface area contributed by atoms with E-state index in [1.807, 2.05) is 0 Å². The molecule has 0 aliphatic heterocycles. The lowest BCUT2D eigenvalue weighted by Crippen LogP contribution is -2.06. The molecule has 0 N–H and O–H groups in total. The maximum absolute atomic E-state index is 10.7. The zero-order valence-electron chi connectivity index (χ0n) is 7.00. The molecule has 0 aromatic carbocycles. The summed E-state index contributed by atoms with van der Waals surface area (Å²) in [5.74, 6) is -0.263. The molecule has 0 rings (SSSR count). The van der Waals surface area contributed by atoms with Gasteiger partial charge in [0.2, 0.25) is 0 Å². The molecule has 0 aromatic rings. The van der Waals surface area contributed by atoms with E-state index in [2.05, 4.69) is 4.74 Å². The van der Waals surface area contributed by atoms with E-state index in [9.17, 15) is 9.59 Å². The van der Waals surface area contributed by atoms with E-state index in [0.717, 1.165) is 6.29 Å². The number of aldehydes is 1.